The van der Waals surface area contributed by atoms with E-state index in [4.69, 9.17) is 9.84 Å². The second-order valence-electron chi connectivity index (χ2n) is 5.39. The Hall–Kier alpha value is -0.610. The molecule has 1 aliphatic rings. The third-order valence-electron chi connectivity index (χ3n) is 2.64. The first-order chi connectivity index (χ1) is 7.42. The number of hydrogen-bond donors (Lipinski definition) is 2. The Morgan fingerprint density at radius 2 is 2.12 bits per heavy atom. The maximum Gasteiger partial charge on any atom is 0.323 e. The van der Waals surface area contributed by atoms with Crippen LogP contribution in [0.15, 0.2) is 0 Å². The minimum absolute atomic E-state index is 0.154. The van der Waals surface area contributed by atoms with Crippen molar-refractivity contribution in [1.82, 2.24) is 5.32 Å². The quantitative estimate of drug-likeness (QED) is 0.712. The standard InChI is InChI=1S/C12H23NO3/c1-12(2,3)16-11(15)10-7-6-9(13-10)5-4-8-14/h9-10,13-14H,4-8H2,1-3H3/t9-,10-/m0/s1. The first kappa shape index (κ1) is 13.5. The molecule has 0 amide bonds. The summed E-state index contributed by atoms with van der Waals surface area (Å²) in [7, 11) is 0. The zero-order chi connectivity index (χ0) is 12.2. The molecule has 0 aromatic rings. The van der Waals surface area contributed by atoms with E-state index in [1.54, 1.807) is 0 Å². The fourth-order valence-electron chi connectivity index (χ4n) is 1.94. The van der Waals surface area contributed by atoms with E-state index in [1.807, 2.05) is 20.8 Å². The number of esters is 1. The first-order valence-electron chi connectivity index (χ1n) is 6.02. The first-order valence-corrected chi connectivity index (χ1v) is 6.02. The molecular formula is C12H23NO3. The molecule has 94 valence electrons. The highest BCUT2D eigenvalue weighted by Gasteiger charge is 2.31. The molecule has 1 aliphatic heterocycles. The molecule has 0 bridgehead atoms. The average molecular weight is 229 g/mol. The maximum atomic E-state index is 11.7. The van der Waals surface area contributed by atoms with E-state index in [9.17, 15) is 4.79 Å². The summed E-state index contributed by atoms with van der Waals surface area (Å²) >= 11 is 0. The highest BCUT2D eigenvalue weighted by molar-refractivity contribution is 5.76. The van der Waals surface area contributed by atoms with Gasteiger partial charge in [0, 0.05) is 12.6 Å². The lowest BCUT2D eigenvalue weighted by Crippen LogP contribution is -2.40. The summed E-state index contributed by atoms with van der Waals surface area (Å²) in [5.41, 5.74) is -0.415. The predicted octanol–water partition coefficient (Wildman–Crippen LogP) is 1.22. The Labute approximate surface area is 97.4 Å². The van der Waals surface area contributed by atoms with Crippen molar-refractivity contribution in [3.05, 3.63) is 0 Å². The summed E-state index contributed by atoms with van der Waals surface area (Å²) in [5.74, 6) is -0.154. The van der Waals surface area contributed by atoms with Gasteiger partial charge in [0.25, 0.3) is 0 Å². The smallest absolute Gasteiger partial charge is 0.323 e. The molecular weight excluding hydrogens is 206 g/mol. The van der Waals surface area contributed by atoms with Crippen LogP contribution in [0.1, 0.15) is 46.5 Å². The lowest BCUT2D eigenvalue weighted by atomic mass is 10.1. The number of rotatable bonds is 4. The van der Waals surface area contributed by atoms with Gasteiger partial charge >= 0.3 is 5.97 Å². The number of nitrogens with one attached hydrogen (secondary N) is 1. The summed E-state index contributed by atoms with van der Waals surface area (Å²) in [6, 6.07) is 0.188. The van der Waals surface area contributed by atoms with E-state index in [0.29, 0.717) is 6.04 Å². The molecule has 16 heavy (non-hydrogen) atoms. The highest BCUT2D eigenvalue weighted by Crippen LogP contribution is 2.19. The molecule has 4 heteroatoms. The average Bonchev–Trinajstić information content (AvgIpc) is 2.60. The van der Waals surface area contributed by atoms with Crippen LogP contribution in [-0.4, -0.2) is 35.4 Å². The molecule has 0 aromatic carbocycles. The molecule has 0 aromatic heterocycles. The molecule has 2 N–H and O–H groups in total. The van der Waals surface area contributed by atoms with Gasteiger partial charge in [-0.3, -0.25) is 4.79 Å². The molecule has 4 nitrogen and oxygen atoms in total. The molecule has 1 rings (SSSR count). The van der Waals surface area contributed by atoms with Crippen LogP contribution < -0.4 is 5.32 Å². The van der Waals surface area contributed by atoms with Crippen LogP contribution in [0.4, 0.5) is 0 Å². The second-order valence-corrected chi connectivity index (χ2v) is 5.39. The van der Waals surface area contributed by atoms with E-state index >= 15 is 0 Å². The molecule has 0 saturated carbocycles. The van der Waals surface area contributed by atoms with Crippen molar-refractivity contribution in [2.24, 2.45) is 0 Å². The van der Waals surface area contributed by atoms with Crippen molar-refractivity contribution in [1.29, 1.82) is 0 Å². The third kappa shape index (κ3) is 4.49. The number of hydrogen-bond acceptors (Lipinski definition) is 4. The van der Waals surface area contributed by atoms with Gasteiger partial charge < -0.3 is 15.2 Å². The molecule has 0 spiro atoms. The molecule has 2 atom stereocenters. The summed E-state index contributed by atoms with van der Waals surface area (Å²) in [4.78, 5) is 11.7. The minimum atomic E-state index is -0.415. The van der Waals surface area contributed by atoms with Crippen LogP contribution in [0.3, 0.4) is 0 Å². The predicted molar refractivity (Wildman–Crippen MR) is 62.1 cm³/mol. The summed E-state index contributed by atoms with van der Waals surface area (Å²) in [6.07, 6.45) is 3.55. The third-order valence-corrected chi connectivity index (χ3v) is 2.64. The van der Waals surface area contributed by atoms with Gasteiger partial charge in [0.05, 0.1) is 0 Å². The normalized spacial score (nSPS) is 25.8. The van der Waals surface area contributed by atoms with E-state index in [2.05, 4.69) is 5.32 Å². The van der Waals surface area contributed by atoms with Gasteiger partial charge in [-0.25, -0.2) is 0 Å². The molecule has 0 radical (unpaired) electrons. The fourth-order valence-corrected chi connectivity index (χ4v) is 1.94. The van der Waals surface area contributed by atoms with E-state index in [-0.39, 0.29) is 18.6 Å². The number of aliphatic hydroxyl groups is 1. The summed E-state index contributed by atoms with van der Waals surface area (Å²) in [6.45, 7) is 5.85. The van der Waals surface area contributed by atoms with Crippen molar-refractivity contribution in [3.63, 3.8) is 0 Å². The van der Waals surface area contributed by atoms with Gasteiger partial charge in [-0.1, -0.05) is 0 Å². The van der Waals surface area contributed by atoms with Crippen LogP contribution in [0.2, 0.25) is 0 Å². The Bertz CT molecular complexity index is 235. The fraction of sp³-hybridized carbons (Fsp3) is 0.917. The lowest BCUT2D eigenvalue weighted by Gasteiger charge is -2.22. The second kappa shape index (κ2) is 5.64. The van der Waals surface area contributed by atoms with E-state index in [1.165, 1.54) is 0 Å². The number of aliphatic hydroxyl groups excluding tert-OH is 1. The highest BCUT2D eigenvalue weighted by atomic mass is 16.6. The van der Waals surface area contributed by atoms with E-state index in [0.717, 1.165) is 25.7 Å². The molecule has 0 unspecified atom stereocenters. The summed E-state index contributed by atoms with van der Waals surface area (Å²) in [5, 5.41) is 12.0. The van der Waals surface area contributed by atoms with Crippen molar-refractivity contribution >= 4 is 5.97 Å². The Morgan fingerprint density at radius 1 is 1.44 bits per heavy atom. The van der Waals surface area contributed by atoms with Gasteiger partial charge in [0.2, 0.25) is 0 Å². The van der Waals surface area contributed by atoms with Gasteiger partial charge in [-0.2, -0.15) is 0 Å². The number of carbonyl (C=O) groups excluding carboxylic acids is 1. The van der Waals surface area contributed by atoms with Crippen LogP contribution in [-0.2, 0) is 9.53 Å². The summed E-state index contributed by atoms with van der Waals surface area (Å²) < 4.78 is 5.32. The van der Waals surface area contributed by atoms with Gasteiger partial charge in [0.1, 0.15) is 11.6 Å². The van der Waals surface area contributed by atoms with Gasteiger partial charge in [-0.05, 0) is 46.5 Å². The molecule has 1 saturated heterocycles. The topological polar surface area (TPSA) is 58.6 Å². The van der Waals surface area contributed by atoms with E-state index < -0.39 is 5.60 Å². The minimum Gasteiger partial charge on any atom is -0.459 e. The maximum absolute atomic E-state index is 11.7. The zero-order valence-electron chi connectivity index (χ0n) is 10.5. The number of carbonyl (C=O) groups is 1. The van der Waals surface area contributed by atoms with Gasteiger partial charge in [0.15, 0.2) is 0 Å². The molecule has 1 fully saturated rings. The molecule has 0 aliphatic carbocycles. The Morgan fingerprint density at radius 3 is 2.69 bits per heavy atom. The number of ether oxygens (including phenoxy) is 1. The molecule has 1 heterocycles. The van der Waals surface area contributed by atoms with Crippen LogP contribution in [0, 0.1) is 0 Å². The van der Waals surface area contributed by atoms with Crippen LogP contribution >= 0.6 is 0 Å². The SMILES string of the molecule is CC(C)(C)OC(=O)[C@@H]1CC[C@H](CCCO)N1. The van der Waals surface area contributed by atoms with Crippen LogP contribution in [0.5, 0.6) is 0 Å². The van der Waals surface area contributed by atoms with Crippen molar-refractivity contribution in [2.45, 2.75) is 64.1 Å². The van der Waals surface area contributed by atoms with Gasteiger partial charge in [-0.15, -0.1) is 0 Å². The monoisotopic (exact) mass is 229 g/mol. The zero-order valence-corrected chi connectivity index (χ0v) is 10.5. The van der Waals surface area contributed by atoms with Crippen molar-refractivity contribution in [3.8, 4) is 0 Å². The van der Waals surface area contributed by atoms with Crippen molar-refractivity contribution < 1.29 is 14.6 Å². The Kier molecular flexibility index (Phi) is 4.74. The van der Waals surface area contributed by atoms with Crippen LogP contribution in [0.25, 0.3) is 0 Å². The lowest BCUT2D eigenvalue weighted by molar-refractivity contribution is -0.157. The Balaban J connectivity index is 2.32. The largest absolute Gasteiger partial charge is 0.459 e. The van der Waals surface area contributed by atoms with Crippen molar-refractivity contribution in [2.75, 3.05) is 6.61 Å².